The van der Waals surface area contributed by atoms with Gasteiger partial charge in [0.25, 0.3) is 11.5 Å². The summed E-state index contributed by atoms with van der Waals surface area (Å²) in [6.07, 6.45) is 1.48. The Bertz CT molecular complexity index is 1040. The summed E-state index contributed by atoms with van der Waals surface area (Å²) < 4.78 is 6.83. The summed E-state index contributed by atoms with van der Waals surface area (Å²) >= 11 is 0. The van der Waals surface area contributed by atoms with Crippen LogP contribution in [0.5, 0.6) is 5.75 Å². The van der Waals surface area contributed by atoms with Crippen LogP contribution in [-0.4, -0.2) is 34.4 Å². The van der Waals surface area contributed by atoms with Crippen molar-refractivity contribution in [2.24, 2.45) is 0 Å². The highest BCUT2D eigenvalue weighted by molar-refractivity contribution is 5.94. The monoisotopic (exact) mass is 391 g/mol. The Kier molecular flexibility index (Phi) is 6.52. The van der Waals surface area contributed by atoms with E-state index in [9.17, 15) is 14.4 Å². The second-order valence-corrected chi connectivity index (χ2v) is 6.39. The minimum atomic E-state index is -0.303. The molecule has 7 heteroatoms. The van der Waals surface area contributed by atoms with Crippen molar-refractivity contribution < 1.29 is 14.3 Å². The first kappa shape index (κ1) is 20.0. The molecular weight excluding hydrogens is 370 g/mol. The number of nitrogens with zero attached hydrogens (tertiary/aromatic N) is 2. The topological polar surface area (TPSA) is 90.3 Å². The van der Waals surface area contributed by atoms with Gasteiger partial charge in [-0.25, -0.2) is 4.98 Å². The number of benzene rings is 2. The fraction of sp³-hybridized carbons (Fsp3) is 0.182. The van der Waals surface area contributed by atoms with Crippen LogP contribution in [0, 0.1) is 0 Å². The Balaban J connectivity index is 1.46. The fourth-order valence-corrected chi connectivity index (χ4v) is 2.66. The summed E-state index contributed by atoms with van der Waals surface area (Å²) in [5.74, 6) is 0.167. The summed E-state index contributed by atoms with van der Waals surface area (Å²) in [6, 6.07) is 17.5. The van der Waals surface area contributed by atoms with E-state index in [1.54, 1.807) is 24.3 Å². The third-order valence-corrected chi connectivity index (χ3v) is 4.25. The Labute approximate surface area is 168 Å². The zero-order valence-electron chi connectivity index (χ0n) is 16.0. The molecule has 1 N–H and O–H groups in total. The van der Waals surface area contributed by atoms with E-state index in [0.29, 0.717) is 23.6 Å². The van der Waals surface area contributed by atoms with E-state index in [-0.39, 0.29) is 30.4 Å². The molecule has 1 amide bonds. The van der Waals surface area contributed by atoms with Crippen molar-refractivity contribution in [2.75, 3.05) is 13.2 Å². The van der Waals surface area contributed by atoms with Crippen LogP contribution < -0.4 is 15.6 Å². The molecule has 0 atom stereocenters. The lowest BCUT2D eigenvalue weighted by molar-refractivity contribution is -0.123. The smallest absolute Gasteiger partial charge is 0.258 e. The van der Waals surface area contributed by atoms with Gasteiger partial charge in [-0.3, -0.25) is 19.0 Å². The number of ether oxygens (including phenoxy) is 1. The van der Waals surface area contributed by atoms with Gasteiger partial charge in [-0.1, -0.05) is 30.3 Å². The van der Waals surface area contributed by atoms with Crippen LogP contribution in [0.2, 0.25) is 0 Å². The molecule has 1 heterocycles. The molecule has 0 spiro atoms. The number of carbonyl (C=O) groups excluding carboxylic acids is 2. The number of hydrogen-bond donors (Lipinski definition) is 1. The number of nitrogens with one attached hydrogen (secondary N) is 1. The number of carbonyl (C=O) groups is 2. The van der Waals surface area contributed by atoms with E-state index < -0.39 is 0 Å². The molecule has 148 valence electrons. The average molecular weight is 391 g/mol. The Morgan fingerprint density at radius 3 is 2.45 bits per heavy atom. The van der Waals surface area contributed by atoms with Crippen molar-refractivity contribution in [2.45, 2.75) is 13.5 Å². The lowest BCUT2D eigenvalue weighted by Gasteiger charge is -2.09. The van der Waals surface area contributed by atoms with Crippen molar-refractivity contribution in [3.05, 3.63) is 82.9 Å². The molecule has 29 heavy (non-hydrogen) atoms. The first-order chi connectivity index (χ1) is 14.0. The van der Waals surface area contributed by atoms with Gasteiger partial charge in [0.15, 0.2) is 12.4 Å². The van der Waals surface area contributed by atoms with Gasteiger partial charge >= 0.3 is 0 Å². The molecule has 0 aliphatic carbocycles. The number of rotatable bonds is 8. The van der Waals surface area contributed by atoms with Crippen LogP contribution in [0.3, 0.4) is 0 Å². The van der Waals surface area contributed by atoms with E-state index in [4.69, 9.17) is 4.74 Å². The molecule has 7 nitrogen and oxygen atoms in total. The number of Topliss-reactive ketones (excluding diaryl/α,β-unsaturated/α-hetero) is 1. The molecule has 0 aliphatic heterocycles. The molecule has 0 fully saturated rings. The normalized spacial score (nSPS) is 10.4. The van der Waals surface area contributed by atoms with Crippen molar-refractivity contribution >= 4 is 11.7 Å². The van der Waals surface area contributed by atoms with Crippen molar-refractivity contribution in [1.82, 2.24) is 14.9 Å². The number of ketones is 1. The third-order valence-electron chi connectivity index (χ3n) is 4.25. The van der Waals surface area contributed by atoms with Gasteiger partial charge in [0.2, 0.25) is 0 Å². The quantitative estimate of drug-likeness (QED) is 0.595. The Morgan fingerprint density at radius 2 is 1.79 bits per heavy atom. The zero-order chi connectivity index (χ0) is 20.6. The molecule has 0 radical (unpaired) electrons. The minimum Gasteiger partial charge on any atom is -0.484 e. The van der Waals surface area contributed by atoms with E-state index >= 15 is 0 Å². The van der Waals surface area contributed by atoms with Gasteiger partial charge in [-0.05, 0) is 31.2 Å². The van der Waals surface area contributed by atoms with Crippen LogP contribution in [0.1, 0.15) is 17.3 Å². The van der Waals surface area contributed by atoms with Crippen LogP contribution in [0.15, 0.2) is 71.8 Å². The van der Waals surface area contributed by atoms with Crippen molar-refractivity contribution in [3.63, 3.8) is 0 Å². The molecule has 0 saturated heterocycles. The first-order valence-corrected chi connectivity index (χ1v) is 9.15. The van der Waals surface area contributed by atoms with Gasteiger partial charge in [-0.15, -0.1) is 0 Å². The largest absolute Gasteiger partial charge is 0.484 e. The minimum absolute atomic E-state index is 0.0316. The summed E-state index contributed by atoms with van der Waals surface area (Å²) in [6.45, 7) is 1.91. The number of hydrogen-bond acceptors (Lipinski definition) is 5. The molecule has 0 unspecified atom stereocenters. The van der Waals surface area contributed by atoms with E-state index in [0.717, 1.165) is 5.56 Å². The van der Waals surface area contributed by atoms with Crippen LogP contribution in [0.25, 0.3) is 11.3 Å². The Hall–Kier alpha value is -3.74. The van der Waals surface area contributed by atoms with Crippen LogP contribution in [-0.2, 0) is 11.3 Å². The second-order valence-electron chi connectivity index (χ2n) is 6.39. The van der Waals surface area contributed by atoms with Gasteiger partial charge in [-0.2, -0.15) is 0 Å². The standard InChI is InChI=1S/C22H21N3O4/c1-16(26)17-7-9-19(10-8-17)29-14-21(27)23-11-12-25-15-24-20(13-22(25)28)18-5-3-2-4-6-18/h2-10,13,15H,11-12,14H2,1H3,(H,23,27). The Morgan fingerprint density at radius 1 is 1.07 bits per heavy atom. The molecule has 3 rings (SSSR count). The lowest BCUT2D eigenvalue weighted by atomic mass is 10.1. The first-order valence-electron chi connectivity index (χ1n) is 9.15. The number of aromatic nitrogens is 2. The maximum Gasteiger partial charge on any atom is 0.258 e. The highest BCUT2D eigenvalue weighted by Crippen LogP contribution is 2.13. The molecule has 0 aliphatic rings. The van der Waals surface area contributed by atoms with Gasteiger partial charge in [0, 0.05) is 30.3 Å². The van der Waals surface area contributed by atoms with Crippen LogP contribution >= 0.6 is 0 Å². The molecule has 2 aromatic carbocycles. The molecule has 1 aromatic heterocycles. The van der Waals surface area contributed by atoms with E-state index in [2.05, 4.69) is 10.3 Å². The summed E-state index contributed by atoms with van der Waals surface area (Å²) in [5, 5.41) is 2.70. The predicted molar refractivity (Wildman–Crippen MR) is 109 cm³/mol. The van der Waals surface area contributed by atoms with Gasteiger partial charge in [0.05, 0.1) is 12.0 Å². The summed E-state index contributed by atoms with van der Waals surface area (Å²) in [5.41, 5.74) is 1.88. The average Bonchev–Trinajstić information content (AvgIpc) is 2.74. The highest BCUT2D eigenvalue weighted by atomic mass is 16.5. The fourth-order valence-electron chi connectivity index (χ4n) is 2.66. The third kappa shape index (κ3) is 5.62. The number of amides is 1. The summed E-state index contributed by atoms with van der Waals surface area (Å²) in [4.78, 5) is 39.7. The second kappa shape index (κ2) is 9.45. The predicted octanol–water partition coefficient (Wildman–Crippen LogP) is 2.31. The van der Waals surface area contributed by atoms with E-state index in [1.165, 1.54) is 23.9 Å². The molecular formula is C22H21N3O4. The maximum absolute atomic E-state index is 12.2. The molecule has 0 bridgehead atoms. The van der Waals surface area contributed by atoms with Gasteiger partial charge in [0.1, 0.15) is 5.75 Å². The van der Waals surface area contributed by atoms with Crippen LogP contribution in [0.4, 0.5) is 0 Å². The molecule has 0 saturated carbocycles. The van der Waals surface area contributed by atoms with Gasteiger partial charge < -0.3 is 10.1 Å². The highest BCUT2D eigenvalue weighted by Gasteiger charge is 2.06. The maximum atomic E-state index is 12.2. The zero-order valence-corrected chi connectivity index (χ0v) is 16.0. The summed E-state index contributed by atoms with van der Waals surface area (Å²) in [7, 11) is 0. The lowest BCUT2D eigenvalue weighted by Crippen LogP contribution is -2.33. The van der Waals surface area contributed by atoms with Crippen molar-refractivity contribution in [3.8, 4) is 17.0 Å². The van der Waals surface area contributed by atoms with E-state index in [1.807, 2.05) is 30.3 Å². The van der Waals surface area contributed by atoms with Crippen molar-refractivity contribution in [1.29, 1.82) is 0 Å². The SMILES string of the molecule is CC(=O)c1ccc(OCC(=O)NCCn2cnc(-c3ccccc3)cc2=O)cc1. The molecule has 3 aromatic rings.